The fourth-order valence-electron chi connectivity index (χ4n) is 3.56. The van der Waals surface area contributed by atoms with Crippen LogP contribution in [0.25, 0.3) is 0 Å². The molecule has 1 aromatic heterocycles. The quantitative estimate of drug-likeness (QED) is 0.501. The van der Waals surface area contributed by atoms with Gasteiger partial charge >= 0.3 is 6.18 Å². The molecule has 1 aromatic carbocycles. The van der Waals surface area contributed by atoms with Gasteiger partial charge in [0.05, 0.1) is 16.8 Å². The van der Waals surface area contributed by atoms with Gasteiger partial charge in [0.1, 0.15) is 11.6 Å². The summed E-state index contributed by atoms with van der Waals surface area (Å²) in [6.07, 6.45) is -2.21. The lowest BCUT2D eigenvalue weighted by atomic mass is 9.96. The molecule has 0 unspecified atom stereocenters. The Kier molecular flexibility index (Phi) is 6.45. The number of hydrogen-bond donors (Lipinski definition) is 3. The summed E-state index contributed by atoms with van der Waals surface area (Å²) < 4.78 is 51.7. The topological polar surface area (TPSA) is 69.3 Å². The largest absolute Gasteiger partial charge is 0.417 e. The van der Waals surface area contributed by atoms with Crippen LogP contribution in [0.4, 0.5) is 29.1 Å². The Morgan fingerprint density at radius 2 is 2.00 bits per heavy atom. The third kappa shape index (κ3) is 4.81. The summed E-state index contributed by atoms with van der Waals surface area (Å²) in [7, 11) is 1.61. The van der Waals surface area contributed by atoms with E-state index >= 15 is 0 Å². The summed E-state index contributed by atoms with van der Waals surface area (Å²) in [5.41, 5.74) is 5.29. The van der Waals surface area contributed by atoms with Gasteiger partial charge in [0.25, 0.3) is 5.91 Å². The Bertz CT molecular complexity index is 888. The van der Waals surface area contributed by atoms with Gasteiger partial charge in [-0.25, -0.2) is 14.8 Å². The number of anilines is 2. The van der Waals surface area contributed by atoms with Crippen molar-refractivity contribution in [2.75, 3.05) is 24.3 Å². The highest BCUT2D eigenvalue weighted by Crippen LogP contribution is 2.30. The van der Waals surface area contributed by atoms with Gasteiger partial charge in [-0.2, -0.15) is 13.2 Å². The summed E-state index contributed by atoms with van der Waals surface area (Å²) >= 11 is 0. The molecule has 1 saturated heterocycles. The number of piperidine rings is 1. The summed E-state index contributed by atoms with van der Waals surface area (Å²) in [6, 6.07) is 5.71. The number of carbonyl (C=O) groups is 1. The Labute approximate surface area is 171 Å². The van der Waals surface area contributed by atoms with Crippen molar-refractivity contribution in [2.45, 2.75) is 38.0 Å². The van der Waals surface area contributed by atoms with Crippen LogP contribution in [-0.4, -0.2) is 41.5 Å². The number of hydrazine groups is 1. The summed E-state index contributed by atoms with van der Waals surface area (Å²) in [4.78, 5) is 18.7. The summed E-state index contributed by atoms with van der Waals surface area (Å²) in [5, 5.41) is 3.13. The fraction of sp³-hybridized carbons (Fsp3) is 0.400. The zero-order valence-corrected chi connectivity index (χ0v) is 16.6. The van der Waals surface area contributed by atoms with Crippen LogP contribution in [-0.2, 0) is 6.18 Å². The molecule has 10 heteroatoms. The molecule has 1 fully saturated rings. The first-order chi connectivity index (χ1) is 14.2. The number of carbonyl (C=O) groups excluding carboxylic acids is 1. The van der Waals surface area contributed by atoms with Gasteiger partial charge in [0.15, 0.2) is 0 Å². The van der Waals surface area contributed by atoms with Crippen molar-refractivity contribution in [1.29, 1.82) is 0 Å². The number of benzene rings is 1. The molecule has 30 heavy (non-hydrogen) atoms. The summed E-state index contributed by atoms with van der Waals surface area (Å²) in [6.45, 7) is 2.39. The molecule has 0 aliphatic carbocycles. The molecule has 0 bridgehead atoms. The van der Waals surface area contributed by atoms with Gasteiger partial charge in [0, 0.05) is 31.9 Å². The number of likely N-dealkylation sites (tertiary alicyclic amines) is 1. The van der Waals surface area contributed by atoms with Gasteiger partial charge in [0.2, 0.25) is 0 Å². The first-order valence-electron chi connectivity index (χ1n) is 9.53. The van der Waals surface area contributed by atoms with E-state index in [9.17, 15) is 22.4 Å². The van der Waals surface area contributed by atoms with Crippen LogP contribution in [0.3, 0.4) is 0 Å². The molecule has 162 valence electrons. The lowest BCUT2D eigenvalue weighted by Crippen LogP contribution is -2.52. The predicted octanol–water partition coefficient (Wildman–Crippen LogP) is 3.89. The standard InChI is InChI=1S/C20H23F4N5O/c1-12-16(27-18-8-5-13(11-26-18)20(22,23)24)4-3-9-29(12)19(30)15-7-6-14(21)10-17(15)28-25-2/h5-8,10-12,16,25,28H,3-4,9H2,1-2H3,(H,26,27)/t12-,16+/m0/s1. The first-order valence-corrected chi connectivity index (χ1v) is 9.53. The molecule has 0 spiro atoms. The molecule has 2 aromatic rings. The van der Waals surface area contributed by atoms with Crippen molar-refractivity contribution < 1.29 is 22.4 Å². The smallest absolute Gasteiger partial charge is 0.365 e. The number of aromatic nitrogens is 1. The van der Waals surface area contributed by atoms with Gasteiger partial charge < -0.3 is 15.6 Å². The minimum Gasteiger partial charge on any atom is -0.365 e. The molecule has 1 amide bonds. The van der Waals surface area contributed by atoms with E-state index in [0.717, 1.165) is 18.7 Å². The maximum atomic E-state index is 13.6. The second-order valence-corrected chi connectivity index (χ2v) is 7.13. The van der Waals surface area contributed by atoms with Crippen LogP contribution >= 0.6 is 0 Å². The van der Waals surface area contributed by atoms with Crippen molar-refractivity contribution >= 4 is 17.4 Å². The number of rotatable bonds is 5. The van der Waals surface area contributed by atoms with Crippen LogP contribution < -0.4 is 16.2 Å². The molecule has 0 radical (unpaired) electrons. The second kappa shape index (κ2) is 8.86. The average molecular weight is 425 g/mol. The van der Waals surface area contributed by atoms with E-state index in [1.54, 1.807) is 11.9 Å². The number of amides is 1. The SMILES string of the molecule is CNNc1cc(F)ccc1C(=O)N1CCC[C@@H](Nc2ccc(C(F)(F)F)cn2)[C@@H]1C. The molecule has 0 saturated carbocycles. The highest BCUT2D eigenvalue weighted by Gasteiger charge is 2.33. The number of nitrogens with one attached hydrogen (secondary N) is 3. The van der Waals surface area contributed by atoms with Gasteiger partial charge in [-0.05, 0) is 50.1 Å². The monoisotopic (exact) mass is 425 g/mol. The second-order valence-electron chi connectivity index (χ2n) is 7.13. The third-order valence-electron chi connectivity index (χ3n) is 5.14. The van der Waals surface area contributed by atoms with Gasteiger partial charge in [-0.3, -0.25) is 4.79 Å². The third-order valence-corrected chi connectivity index (χ3v) is 5.14. The fourth-order valence-corrected chi connectivity index (χ4v) is 3.56. The van der Waals surface area contributed by atoms with Crippen molar-refractivity contribution in [3.8, 4) is 0 Å². The Hall–Kier alpha value is -2.88. The molecule has 1 aliphatic rings. The van der Waals surface area contributed by atoms with Crippen LogP contribution in [0.15, 0.2) is 36.5 Å². The molecule has 6 nitrogen and oxygen atoms in total. The molecular formula is C20H23F4N5O. The van der Waals surface area contributed by atoms with Crippen LogP contribution in [0.5, 0.6) is 0 Å². The van der Waals surface area contributed by atoms with Crippen molar-refractivity contribution in [3.63, 3.8) is 0 Å². The number of hydrogen-bond acceptors (Lipinski definition) is 5. The molecule has 3 N–H and O–H groups in total. The lowest BCUT2D eigenvalue weighted by Gasteiger charge is -2.40. The van der Waals surface area contributed by atoms with Crippen LogP contribution in [0, 0.1) is 5.82 Å². The normalized spacial score (nSPS) is 19.5. The molecule has 3 rings (SSSR count). The summed E-state index contributed by atoms with van der Waals surface area (Å²) in [5.74, 6) is -0.412. The van der Waals surface area contributed by atoms with Crippen molar-refractivity contribution in [3.05, 3.63) is 53.5 Å². The maximum absolute atomic E-state index is 13.6. The highest BCUT2D eigenvalue weighted by molar-refractivity contribution is 5.99. The van der Waals surface area contributed by atoms with E-state index in [-0.39, 0.29) is 18.0 Å². The minimum atomic E-state index is -4.44. The van der Waals surface area contributed by atoms with E-state index in [1.165, 1.54) is 24.3 Å². The van der Waals surface area contributed by atoms with Crippen molar-refractivity contribution in [2.24, 2.45) is 0 Å². The maximum Gasteiger partial charge on any atom is 0.417 e. The highest BCUT2D eigenvalue weighted by atomic mass is 19.4. The number of nitrogens with zero attached hydrogens (tertiary/aromatic N) is 2. The molecule has 1 aliphatic heterocycles. The van der Waals surface area contributed by atoms with Crippen LogP contribution in [0.1, 0.15) is 35.7 Å². The zero-order chi connectivity index (χ0) is 21.9. The van der Waals surface area contributed by atoms with E-state index in [0.29, 0.717) is 30.0 Å². The zero-order valence-electron chi connectivity index (χ0n) is 16.6. The molecular weight excluding hydrogens is 402 g/mol. The van der Waals surface area contributed by atoms with Crippen LogP contribution in [0.2, 0.25) is 0 Å². The minimum absolute atomic E-state index is 0.187. The number of pyridine rings is 1. The lowest BCUT2D eigenvalue weighted by molar-refractivity contribution is -0.137. The Morgan fingerprint density at radius 1 is 1.23 bits per heavy atom. The predicted molar refractivity (Wildman–Crippen MR) is 105 cm³/mol. The molecule has 2 heterocycles. The van der Waals surface area contributed by atoms with Gasteiger partial charge in [-0.15, -0.1) is 0 Å². The number of alkyl halides is 3. The van der Waals surface area contributed by atoms with E-state index in [4.69, 9.17) is 0 Å². The van der Waals surface area contributed by atoms with Gasteiger partial charge in [-0.1, -0.05) is 0 Å². The van der Waals surface area contributed by atoms with E-state index in [1.807, 2.05) is 6.92 Å². The first kappa shape index (κ1) is 21.8. The van der Waals surface area contributed by atoms with E-state index in [2.05, 4.69) is 21.2 Å². The number of halogens is 4. The average Bonchev–Trinajstić information content (AvgIpc) is 2.69. The molecule has 2 atom stereocenters. The Balaban J connectivity index is 1.75. The van der Waals surface area contributed by atoms with Crippen molar-refractivity contribution in [1.82, 2.24) is 15.3 Å². The Morgan fingerprint density at radius 3 is 2.63 bits per heavy atom. The van der Waals surface area contributed by atoms with E-state index < -0.39 is 17.6 Å².